The number of rotatable bonds is 1. The highest BCUT2D eigenvalue weighted by Crippen LogP contribution is 2.69. The predicted octanol–water partition coefficient (Wildman–Crippen LogP) is 3.56. The maximum atomic E-state index is 11.8. The minimum atomic E-state index is -0.642. The highest BCUT2D eigenvalue weighted by molar-refractivity contribution is 5.92. The number of ether oxygens (including phenoxy) is 4. The average Bonchev–Trinajstić information content (AvgIpc) is 3.47. The van der Waals surface area contributed by atoms with E-state index in [9.17, 15) is 10.3 Å². The maximum absolute atomic E-state index is 11.8. The van der Waals surface area contributed by atoms with E-state index < -0.39 is 17.7 Å². The molecule has 7 nitrogen and oxygen atoms in total. The van der Waals surface area contributed by atoms with E-state index in [1.54, 1.807) is 0 Å². The first-order chi connectivity index (χ1) is 15.3. The van der Waals surface area contributed by atoms with E-state index in [1.165, 1.54) is 0 Å². The molecule has 6 rings (SSSR count). The second-order valence-corrected chi connectivity index (χ2v) is 12.0. The Morgan fingerprint density at radius 2 is 1.56 bits per heavy atom. The van der Waals surface area contributed by atoms with Crippen molar-refractivity contribution in [3.05, 3.63) is 0 Å². The summed E-state index contributed by atoms with van der Waals surface area (Å²) in [6.45, 7) is 9.23. The highest BCUT2D eigenvalue weighted by Gasteiger charge is 2.68. The molecule has 7 heteroatoms. The smallest absolute Gasteiger partial charge is 0.174 e. The lowest BCUT2D eigenvalue weighted by molar-refractivity contribution is -0.233. The topological polar surface area (TPSA) is 89.7 Å². The van der Waals surface area contributed by atoms with Gasteiger partial charge in [-0.15, -0.1) is 0 Å². The molecule has 4 aliphatic carbocycles. The molecule has 2 aliphatic heterocycles. The molecule has 2 N–H and O–H groups in total. The quantitative estimate of drug-likeness (QED) is 0.470. The molecule has 0 aromatic rings. The van der Waals surface area contributed by atoms with E-state index in [4.69, 9.17) is 18.9 Å². The van der Waals surface area contributed by atoms with Crippen LogP contribution in [0.3, 0.4) is 0 Å². The lowest BCUT2D eigenvalue weighted by Crippen LogP contribution is -2.64. The van der Waals surface area contributed by atoms with Crippen molar-refractivity contribution in [2.75, 3.05) is 26.4 Å². The minimum Gasteiger partial charge on any atom is -0.411 e. The Balaban J connectivity index is 1.34. The van der Waals surface area contributed by atoms with E-state index in [0.29, 0.717) is 50.6 Å². The largest absolute Gasteiger partial charge is 0.411 e. The van der Waals surface area contributed by atoms with Crippen LogP contribution in [0.1, 0.15) is 65.7 Å². The molecule has 0 unspecified atom stereocenters. The van der Waals surface area contributed by atoms with Crippen molar-refractivity contribution in [1.29, 1.82) is 0 Å². The molecule has 0 radical (unpaired) electrons. The van der Waals surface area contributed by atoms with Crippen LogP contribution in [0, 0.1) is 40.4 Å². The Labute approximate surface area is 190 Å². The van der Waals surface area contributed by atoms with Crippen LogP contribution in [-0.4, -0.2) is 60.1 Å². The van der Waals surface area contributed by atoms with Gasteiger partial charge < -0.3 is 29.3 Å². The lowest BCUT2D eigenvalue weighted by atomic mass is 9.43. The van der Waals surface area contributed by atoms with Crippen LogP contribution in [0.15, 0.2) is 5.16 Å². The van der Waals surface area contributed by atoms with E-state index in [0.717, 1.165) is 44.2 Å². The summed E-state index contributed by atoms with van der Waals surface area (Å²) in [6, 6.07) is 0. The fraction of sp³-hybridized carbons (Fsp3) is 0.960. The summed E-state index contributed by atoms with van der Waals surface area (Å²) in [5.41, 5.74) is 0.422. The van der Waals surface area contributed by atoms with Gasteiger partial charge in [0.2, 0.25) is 0 Å². The highest BCUT2D eigenvalue weighted by atomic mass is 16.7. The predicted molar refractivity (Wildman–Crippen MR) is 116 cm³/mol. The van der Waals surface area contributed by atoms with Gasteiger partial charge in [0.15, 0.2) is 11.6 Å². The average molecular weight is 450 g/mol. The van der Waals surface area contributed by atoms with Gasteiger partial charge in [-0.25, -0.2) is 0 Å². The third kappa shape index (κ3) is 2.75. The van der Waals surface area contributed by atoms with Gasteiger partial charge in [0, 0.05) is 24.2 Å². The van der Waals surface area contributed by atoms with Gasteiger partial charge in [-0.2, -0.15) is 0 Å². The first-order valence-corrected chi connectivity index (χ1v) is 12.7. The SMILES string of the molecule is CC1([C@@H]2CC[C@H]3[C@H]4CC[C@@H]5CC6(C/C(=N/O)[C@]5(C)[C@@H]4[C@H](O)C[C@@]32C)OCCO6)OCCO1. The minimum absolute atomic E-state index is 0.00699. The van der Waals surface area contributed by atoms with Gasteiger partial charge >= 0.3 is 0 Å². The molecule has 4 saturated carbocycles. The summed E-state index contributed by atoms with van der Waals surface area (Å²) in [7, 11) is 0. The molecular formula is C25H39NO6. The summed E-state index contributed by atoms with van der Waals surface area (Å²) >= 11 is 0. The third-order valence-corrected chi connectivity index (χ3v) is 10.9. The van der Waals surface area contributed by atoms with Gasteiger partial charge in [-0.3, -0.25) is 0 Å². The Bertz CT molecular complexity index is 789. The number of hydrogen-bond acceptors (Lipinski definition) is 7. The zero-order valence-electron chi connectivity index (χ0n) is 19.7. The molecule has 2 heterocycles. The van der Waals surface area contributed by atoms with Gasteiger partial charge in [-0.1, -0.05) is 19.0 Å². The van der Waals surface area contributed by atoms with Gasteiger partial charge in [-0.05, 0) is 68.1 Å². The Hall–Kier alpha value is -0.730. The Morgan fingerprint density at radius 3 is 2.25 bits per heavy atom. The molecule has 6 fully saturated rings. The molecule has 6 aliphatic rings. The number of hydrogen-bond donors (Lipinski definition) is 2. The molecular weight excluding hydrogens is 410 g/mol. The summed E-state index contributed by atoms with van der Waals surface area (Å²) in [6.07, 6.45) is 6.03. The van der Waals surface area contributed by atoms with Crippen molar-refractivity contribution in [1.82, 2.24) is 0 Å². The molecule has 0 aromatic heterocycles. The van der Waals surface area contributed by atoms with Gasteiger partial charge in [0.05, 0.1) is 38.2 Å². The summed E-state index contributed by atoms with van der Waals surface area (Å²) < 4.78 is 24.3. The Kier molecular flexibility index (Phi) is 4.86. The molecule has 0 bridgehead atoms. The van der Waals surface area contributed by atoms with Crippen LogP contribution < -0.4 is 0 Å². The zero-order chi connectivity index (χ0) is 22.4. The van der Waals surface area contributed by atoms with Crippen LogP contribution in [0.4, 0.5) is 0 Å². The fourth-order valence-corrected chi connectivity index (χ4v) is 9.65. The molecule has 0 aromatic carbocycles. The van der Waals surface area contributed by atoms with E-state index in [1.807, 2.05) is 0 Å². The number of aliphatic hydroxyl groups excluding tert-OH is 1. The first-order valence-electron chi connectivity index (χ1n) is 12.7. The summed E-state index contributed by atoms with van der Waals surface area (Å²) in [4.78, 5) is 0. The number of fused-ring (bicyclic) bond motifs is 5. The second-order valence-electron chi connectivity index (χ2n) is 12.0. The molecule has 8 atom stereocenters. The normalized spacial score (nSPS) is 52.7. The molecule has 1 spiro atoms. The van der Waals surface area contributed by atoms with Crippen LogP contribution in [0.2, 0.25) is 0 Å². The van der Waals surface area contributed by atoms with Crippen molar-refractivity contribution in [3.63, 3.8) is 0 Å². The van der Waals surface area contributed by atoms with E-state index in [-0.39, 0.29) is 22.7 Å². The number of aliphatic hydroxyl groups is 1. The van der Waals surface area contributed by atoms with Crippen molar-refractivity contribution < 1.29 is 29.3 Å². The van der Waals surface area contributed by atoms with Crippen molar-refractivity contribution >= 4 is 5.71 Å². The fourth-order valence-electron chi connectivity index (χ4n) is 9.65. The van der Waals surface area contributed by atoms with Crippen LogP contribution in [0.25, 0.3) is 0 Å². The van der Waals surface area contributed by atoms with Crippen molar-refractivity contribution in [2.45, 2.75) is 83.4 Å². The molecule has 180 valence electrons. The lowest BCUT2D eigenvalue weighted by Gasteiger charge is -2.63. The second kappa shape index (κ2) is 7.14. The number of oxime groups is 1. The monoisotopic (exact) mass is 449 g/mol. The zero-order valence-corrected chi connectivity index (χ0v) is 19.7. The van der Waals surface area contributed by atoms with Crippen LogP contribution in [0.5, 0.6) is 0 Å². The molecule has 2 saturated heterocycles. The van der Waals surface area contributed by atoms with Gasteiger partial charge in [0.25, 0.3) is 0 Å². The van der Waals surface area contributed by atoms with Crippen LogP contribution >= 0.6 is 0 Å². The summed E-state index contributed by atoms with van der Waals surface area (Å²) in [5.74, 6) is 0.441. The summed E-state index contributed by atoms with van der Waals surface area (Å²) in [5, 5.41) is 25.7. The van der Waals surface area contributed by atoms with Crippen LogP contribution in [-0.2, 0) is 18.9 Å². The number of nitrogens with zero attached hydrogens (tertiary/aromatic N) is 1. The van der Waals surface area contributed by atoms with E-state index in [2.05, 4.69) is 25.9 Å². The maximum Gasteiger partial charge on any atom is 0.174 e. The standard InChI is InChI=1S/C25H39NO6/c1-22-13-18(27)21-16(17(22)6-7-19(22)24(3)29-8-9-30-24)5-4-15-12-25(31-10-11-32-25)14-20(26-28)23(15,21)2/h15-19,21,27-28H,4-14H2,1-3H3/b26-20-/t15-,16-,17+,18-,19-,21+,22+,23-/m1/s1. The van der Waals surface area contributed by atoms with Gasteiger partial charge in [0.1, 0.15) is 0 Å². The first kappa shape index (κ1) is 21.8. The van der Waals surface area contributed by atoms with Crippen molar-refractivity contribution in [2.24, 2.45) is 45.6 Å². The Morgan fingerprint density at radius 1 is 0.875 bits per heavy atom. The van der Waals surface area contributed by atoms with E-state index >= 15 is 0 Å². The molecule has 32 heavy (non-hydrogen) atoms. The molecule has 0 amide bonds. The third-order valence-electron chi connectivity index (χ3n) is 10.9. The van der Waals surface area contributed by atoms with Crippen molar-refractivity contribution in [3.8, 4) is 0 Å².